The quantitative estimate of drug-likeness (QED) is 0.203. The minimum absolute atomic E-state index is 0.00535. The maximum Gasteiger partial charge on any atom is 0.262 e. The number of ether oxygens (including phenoxy) is 2. The molecule has 0 heterocycles. The van der Waals surface area contributed by atoms with Gasteiger partial charge in [-0.1, -0.05) is 60.1 Å². The number of benzene rings is 3. The lowest BCUT2D eigenvalue weighted by molar-refractivity contribution is -0.117. The lowest BCUT2D eigenvalue weighted by Gasteiger charge is -2.16. The summed E-state index contributed by atoms with van der Waals surface area (Å²) in [6.45, 7) is 6.04. The van der Waals surface area contributed by atoms with Crippen LogP contribution in [0.5, 0.6) is 11.5 Å². The van der Waals surface area contributed by atoms with Crippen molar-refractivity contribution in [2.75, 3.05) is 7.11 Å². The Balaban J connectivity index is 1.86. The molecule has 3 aromatic carbocycles. The summed E-state index contributed by atoms with van der Waals surface area (Å²) >= 11 is 5.97. The maximum atomic E-state index is 12.8. The van der Waals surface area contributed by atoms with Crippen LogP contribution in [-0.4, -0.2) is 13.0 Å². The van der Waals surface area contributed by atoms with Gasteiger partial charge in [0, 0.05) is 10.6 Å². The lowest BCUT2D eigenvalue weighted by atomic mass is 10.0. The molecule has 0 aliphatic heterocycles. The van der Waals surface area contributed by atoms with Gasteiger partial charge in [0.15, 0.2) is 11.5 Å². The largest absolute Gasteiger partial charge is 0.493 e. The zero-order chi connectivity index (χ0) is 25.2. The van der Waals surface area contributed by atoms with Gasteiger partial charge in [-0.2, -0.15) is 5.26 Å². The molecule has 6 heteroatoms. The van der Waals surface area contributed by atoms with E-state index >= 15 is 0 Å². The summed E-state index contributed by atoms with van der Waals surface area (Å²) in [4.78, 5) is 12.8. The van der Waals surface area contributed by atoms with Crippen molar-refractivity contribution in [3.8, 4) is 17.6 Å². The number of allylic oxidation sites excluding steroid dienone is 1. The molecule has 0 aliphatic rings. The molecule has 0 radical (unpaired) electrons. The van der Waals surface area contributed by atoms with Gasteiger partial charge in [0.1, 0.15) is 18.2 Å². The van der Waals surface area contributed by atoms with Crippen molar-refractivity contribution in [1.29, 1.82) is 5.26 Å². The Morgan fingerprint density at radius 2 is 1.89 bits per heavy atom. The standard InChI is InChI=1S/C29H27ClN2O3/c1-4-8-24-15-22(16-25(18-31)29(33)32-20(2)23-9-6-5-7-10-23)17-27(34-3)28(24)35-19-21-11-13-26(30)14-12-21/h4-7,9-17,20H,1,8,19H2,2-3H3,(H,32,33)/b25-16-/t20-/m1/s1. The zero-order valence-corrected chi connectivity index (χ0v) is 20.5. The van der Waals surface area contributed by atoms with Crippen LogP contribution in [0.25, 0.3) is 6.08 Å². The van der Waals surface area contributed by atoms with E-state index in [0.717, 1.165) is 16.7 Å². The number of carbonyl (C=O) groups excluding carboxylic acids is 1. The van der Waals surface area contributed by atoms with Crippen LogP contribution < -0.4 is 14.8 Å². The number of halogens is 1. The maximum absolute atomic E-state index is 12.8. The average Bonchev–Trinajstić information content (AvgIpc) is 2.87. The van der Waals surface area contributed by atoms with Gasteiger partial charge < -0.3 is 14.8 Å². The van der Waals surface area contributed by atoms with Gasteiger partial charge in [-0.15, -0.1) is 6.58 Å². The molecule has 0 aliphatic carbocycles. The summed E-state index contributed by atoms with van der Waals surface area (Å²) in [6.07, 6.45) is 3.83. The van der Waals surface area contributed by atoms with E-state index in [-0.39, 0.29) is 11.6 Å². The zero-order valence-electron chi connectivity index (χ0n) is 19.8. The van der Waals surface area contributed by atoms with Crippen molar-refractivity contribution in [2.24, 2.45) is 0 Å². The van der Waals surface area contributed by atoms with Gasteiger partial charge in [0.2, 0.25) is 0 Å². The van der Waals surface area contributed by atoms with Crippen molar-refractivity contribution in [3.63, 3.8) is 0 Å². The molecule has 1 N–H and O–H groups in total. The van der Waals surface area contributed by atoms with E-state index in [1.807, 2.05) is 73.7 Å². The van der Waals surface area contributed by atoms with E-state index in [9.17, 15) is 10.1 Å². The van der Waals surface area contributed by atoms with Crippen LogP contribution in [0.2, 0.25) is 5.02 Å². The van der Waals surface area contributed by atoms with Crippen LogP contribution in [0.4, 0.5) is 0 Å². The number of nitrogens with zero attached hydrogens (tertiary/aromatic N) is 1. The van der Waals surface area contributed by atoms with Crippen molar-refractivity contribution in [1.82, 2.24) is 5.32 Å². The first-order valence-corrected chi connectivity index (χ1v) is 11.5. The molecule has 0 saturated heterocycles. The second-order valence-electron chi connectivity index (χ2n) is 7.90. The number of hydrogen-bond donors (Lipinski definition) is 1. The monoisotopic (exact) mass is 486 g/mol. The predicted molar refractivity (Wildman–Crippen MR) is 139 cm³/mol. The van der Waals surface area contributed by atoms with Crippen molar-refractivity contribution < 1.29 is 14.3 Å². The highest BCUT2D eigenvalue weighted by Crippen LogP contribution is 2.35. The van der Waals surface area contributed by atoms with Crippen LogP contribution in [-0.2, 0) is 17.8 Å². The SMILES string of the molecule is C=CCc1cc(/C=C(/C#N)C(=O)N[C@H](C)c2ccccc2)cc(OC)c1OCc1ccc(Cl)cc1. The second-order valence-corrected chi connectivity index (χ2v) is 8.33. The van der Waals surface area contributed by atoms with Crippen LogP contribution >= 0.6 is 11.6 Å². The minimum Gasteiger partial charge on any atom is -0.493 e. The van der Waals surface area contributed by atoms with Crippen molar-refractivity contribution in [3.05, 3.63) is 112 Å². The average molecular weight is 487 g/mol. The Hall–Kier alpha value is -4.01. The number of methoxy groups -OCH3 is 1. The molecule has 3 rings (SSSR count). The van der Waals surface area contributed by atoms with Gasteiger partial charge in [-0.25, -0.2) is 0 Å². The molecular weight excluding hydrogens is 460 g/mol. The second kappa shape index (κ2) is 12.5. The summed E-state index contributed by atoms with van der Waals surface area (Å²) in [5.74, 6) is 0.635. The van der Waals surface area contributed by atoms with E-state index in [1.54, 1.807) is 25.3 Å². The normalized spacial score (nSPS) is 11.8. The molecule has 0 spiro atoms. The topological polar surface area (TPSA) is 71.4 Å². The molecule has 5 nitrogen and oxygen atoms in total. The Labute approximate surface area is 211 Å². The van der Waals surface area contributed by atoms with E-state index in [1.165, 1.54) is 0 Å². The third kappa shape index (κ3) is 6.99. The van der Waals surface area contributed by atoms with Gasteiger partial charge in [0.25, 0.3) is 5.91 Å². The fourth-order valence-corrected chi connectivity index (χ4v) is 3.67. The molecule has 0 fully saturated rings. The summed E-state index contributed by atoms with van der Waals surface area (Å²) in [5, 5.41) is 13.2. The number of hydrogen-bond acceptors (Lipinski definition) is 4. The first-order chi connectivity index (χ1) is 16.9. The molecule has 1 amide bonds. The highest BCUT2D eigenvalue weighted by Gasteiger charge is 2.16. The molecule has 0 saturated carbocycles. The number of nitrogens with one attached hydrogen (secondary N) is 1. The number of rotatable bonds is 10. The lowest BCUT2D eigenvalue weighted by Crippen LogP contribution is -2.27. The predicted octanol–water partition coefficient (Wildman–Crippen LogP) is 6.44. The molecule has 178 valence electrons. The van der Waals surface area contributed by atoms with Crippen molar-refractivity contribution in [2.45, 2.75) is 26.0 Å². The Morgan fingerprint density at radius 3 is 2.51 bits per heavy atom. The van der Waals surface area contributed by atoms with Gasteiger partial charge in [-0.05, 0) is 60.4 Å². The van der Waals surface area contributed by atoms with Crippen LogP contribution in [0.15, 0.2) is 85.0 Å². The van der Waals surface area contributed by atoms with Gasteiger partial charge in [0.05, 0.1) is 13.2 Å². The van der Waals surface area contributed by atoms with E-state index in [4.69, 9.17) is 21.1 Å². The van der Waals surface area contributed by atoms with Gasteiger partial charge in [-0.3, -0.25) is 4.79 Å². The molecule has 35 heavy (non-hydrogen) atoms. The molecule has 0 unspecified atom stereocenters. The highest BCUT2D eigenvalue weighted by molar-refractivity contribution is 6.30. The molecular formula is C29H27ClN2O3. The third-order valence-corrected chi connectivity index (χ3v) is 5.61. The number of amides is 1. The van der Waals surface area contributed by atoms with E-state index < -0.39 is 5.91 Å². The summed E-state index contributed by atoms with van der Waals surface area (Å²) < 4.78 is 11.7. The Kier molecular flexibility index (Phi) is 9.11. The molecule has 0 aromatic heterocycles. The fourth-order valence-electron chi connectivity index (χ4n) is 3.54. The fraction of sp³-hybridized carbons (Fsp3) is 0.172. The first-order valence-electron chi connectivity index (χ1n) is 11.1. The van der Waals surface area contributed by atoms with Crippen molar-refractivity contribution >= 4 is 23.6 Å². The Bertz CT molecular complexity index is 1250. The summed E-state index contributed by atoms with van der Waals surface area (Å²) in [7, 11) is 1.55. The van der Waals surface area contributed by atoms with Crippen LogP contribution in [0.1, 0.15) is 35.2 Å². The first kappa shape index (κ1) is 25.6. The smallest absolute Gasteiger partial charge is 0.262 e. The number of nitriles is 1. The van der Waals surface area contributed by atoms with E-state index in [2.05, 4.69) is 11.9 Å². The third-order valence-electron chi connectivity index (χ3n) is 5.36. The highest BCUT2D eigenvalue weighted by atomic mass is 35.5. The number of carbonyl (C=O) groups is 1. The Morgan fingerprint density at radius 1 is 1.17 bits per heavy atom. The van der Waals surface area contributed by atoms with Crippen LogP contribution in [0.3, 0.4) is 0 Å². The van der Waals surface area contributed by atoms with E-state index in [0.29, 0.717) is 35.1 Å². The van der Waals surface area contributed by atoms with Crippen LogP contribution in [0, 0.1) is 11.3 Å². The molecule has 1 atom stereocenters. The summed E-state index contributed by atoms with van der Waals surface area (Å²) in [5.41, 5.74) is 3.39. The molecule has 3 aromatic rings. The van der Waals surface area contributed by atoms with Gasteiger partial charge >= 0.3 is 0 Å². The molecule has 0 bridgehead atoms. The summed E-state index contributed by atoms with van der Waals surface area (Å²) in [6, 6.07) is 22.4. The minimum atomic E-state index is -0.448.